The number of amides is 1. The van der Waals surface area contributed by atoms with E-state index in [-0.39, 0.29) is 23.7 Å². The summed E-state index contributed by atoms with van der Waals surface area (Å²) in [6.45, 7) is 1.47. The van der Waals surface area contributed by atoms with Crippen LogP contribution in [0.25, 0.3) is 27.5 Å². The Hall–Kier alpha value is -3.40. The van der Waals surface area contributed by atoms with E-state index in [1.54, 1.807) is 24.5 Å². The largest absolute Gasteiger partial charge is 0.327 e. The summed E-state index contributed by atoms with van der Waals surface area (Å²) < 4.78 is 1.83. The molecule has 4 aromatic rings. The van der Waals surface area contributed by atoms with Crippen molar-refractivity contribution in [3.63, 3.8) is 0 Å². The molecule has 2 aliphatic rings. The van der Waals surface area contributed by atoms with Crippen LogP contribution in [0.1, 0.15) is 41.4 Å². The average molecular weight is 519 g/mol. The first-order chi connectivity index (χ1) is 17.4. The second-order valence-corrected chi connectivity index (χ2v) is 10.7. The zero-order chi connectivity index (χ0) is 25.0. The van der Waals surface area contributed by atoms with E-state index in [2.05, 4.69) is 15.3 Å². The number of thiazole rings is 1. The molecule has 0 radical (unpaired) electrons. The van der Waals surface area contributed by atoms with Gasteiger partial charge in [-0.05, 0) is 55.5 Å². The van der Waals surface area contributed by atoms with Crippen LogP contribution in [0.2, 0.25) is 5.02 Å². The van der Waals surface area contributed by atoms with E-state index in [4.69, 9.17) is 22.4 Å². The summed E-state index contributed by atoms with van der Waals surface area (Å²) in [5.74, 6) is 0.143. The fraction of sp³-hybridized carbons (Fsp3) is 0.269. The van der Waals surface area contributed by atoms with Crippen molar-refractivity contribution in [2.24, 2.45) is 11.7 Å². The topological polar surface area (TPSA) is 116 Å². The number of pyridine rings is 1. The van der Waals surface area contributed by atoms with Gasteiger partial charge in [-0.25, -0.2) is 9.67 Å². The highest BCUT2D eigenvalue weighted by atomic mass is 35.5. The molecule has 1 aromatic carbocycles. The van der Waals surface area contributed by atoms with Gasteiger partial charge in [-0.15, -0.1) is 0 Å². The number of anilines is 1. The van der Waals surface area contributed by atoms with Crippen LogP contribution in [0.3, 0.4) is 0 Å². The Morgan fingerprint density at radius 2 is 2.11 bits per heavy atom. The van der Waals surface area contributed by atoms with Gasteiger partial charge >= 0.3 is 0 Å². The summed E-state index contributed by atoms with van der Waals surface area (Å²) in [7, 11) is 0. The number of hydrogen-bond donors (Lipinski definition) is 2. The number of carbonyl (C=O) groups excluding carboxylic acids is 2. The van der Waals surface area contributed by atoms with Crippen molar-refractivity contribution in [2.45, 2.75) is 38.6 Å². The third-order valence-electron chi connectivity index (χ3n) is 6.65. The zero-order valence-electron chi connectivity index (χ0n) is 19.5. The summed E-state index contributed by atoms with van der Waals surface area (Å²) in [5, 5.41) is 8.78. The Labute approximate surface area is 216 Å². The van der Waals surface area contributed by atoms with Crippen LogP contribution >= 0.6 is 22.9 Å². The smallest absolute Gasteiger partial charge is 0.223 e. The Balaban J connectivity index is 1.47. The highest BCUT2D eigenvalue weighted by molar-refractivity contribution is 7.19. The van der Waals surface area contributed by atoms with E-state index in [0.29, 0.717) is 27.8 Å². The Morgan fingerprint density at radius 1 is 1.28 bits per heavy atom. The van der Waals surface area contributed by atoms with Gasteiger partial charge in [0.05, 0.1) is 32.7 Å². The van der Waals surface area contributed by atoms with Crippen molar-refractivity contribution in [3.05, 3.63) is 64.6 Å². The van der Waals surface area contributed by atoms with Gasteiger partial charge in [0, 0.05) is 48.5 Å². The van der Waals surface area contributed by atoms with E-state index in [9.17, 15) is 9.59 Å². The molecule has 0 bridgehead atoms. The Kier molecular flexibility index (Phi) is 5.70. The lowest BCUT2D eigenvalue weighted by molar-refractivity contribution is -0.114. The predicted molar refractivity (Wildman–Crippen MR) is 140 cm³/mol. The fourth-order valence-corrected chi connectivity index (χ4v) is 6.07. The second kappa shape index (κ2) is 8.92. The van der Waals surface area contributed by atoms with Crippen LogP contribution in [-0.2, 0) is 17.6 Å². The van der Waals surface area contributed by atoms with Crippen molar-refractivity contribution >= 4 is 39.8 Å². The lowest BCUT2D eigenvalue weighted by Gasteiger charge is -2.15. The molecule has 3 aromatic heterocycles. The van der Waals surface area contributed by atoms with Crippen LogP contribution in [-0.4, -0.2) is 37.5 Å². The molecule has 1 amide bonds. The van der Waals surface area contributed by atoms with E-state index in [1.807, 2.05) is 22.9 Å². The van der Waals surface area contributed by atoms with Crippen molar-refractivity contribution in [3.8, 4) is 27.5 Å². The number of rotatable bonds is 6. The molecule has 0 saturated heterocycles. The van der Waals surface area contributed by atoms with Gasteiger partial charge in [0.1, 0.15) is 0 Å². The monoisotopic (exact) mass is 518 g/mol. The van der Waals surface area contributed by atoms with Gasteiger partial charge in [0.25, 0.3) is 0 Å². The third kappa shape index (κ3) is 4.13. The molecule has 10 heteroatoms. The first-order valence-corrected chi connectivity index (χ1v) is 13.0. The standard InChI is InChI=1S/C26H23ClN6O2S/c1-13(34)30-26-31-20-6-5-17-23(15-3-2-8-29-12-15)32-33(24(17)25(20)36-26)21-7-4-14(9-18(21)27)22(35)11-16-10-19(16)28/h2-4,7-9,12,16,19H,5-6,10-11,28H2,1H3,(H,30,31,34)/t16-,19+/m0/s1. The predicted octanol–water partition coefficient (Wildman–Crippen LogP) is 4.69. The number of halogens is 1. The normalized spacial score (nSPS) is 17.9. The van der Waals surface area contributed by atoms with Crippen molar-refractivity contribution < 1.29 is 9.59 Å². The van der Waals surface area contributed by atoms with Gasteiger partial charge < -0.3 is 11.1 Å². The first kappa shape index (κ1) is 23.0. The minimum atomic E-state index is -0.165. The molecule has 182 valence electrons. The van der Waals surface area contributed by atoms with Crippen molar-refractivity contribution in [2.75, 3.05) is 5.32 Å². The molecule has 3 N–H and O–H groups in total. The van der Waals surface area contributed by atoms with Gasteiger partial charge in [0.15, 0.2) is 10.9 Å². The third-order valence-corrected chi connectivity index (χ3v) is 7.97. The van der Waals surface area contributed by atoms with Gasteiger partial charge in [-0.3, -0.25) is 14.6 Å². The molecule has 2 atom stereocenters. The number of nitrogens with two attached hydrogens (primary N) is 1. The van der Waals surface area contributed by atoms with Crippen LogP contribution in [0.15, 0.2) is 42.7 Å². The van der Waals surface area contributed by atoms with Crippen molar-refractivity contribution in [1.29, 1.82) is 0 Å². The highest BCUT2D eigenvalue weighted by Crippen LogP contribution is 2.44. The maximum absolute atomic E-state index is 12.7. The van der Waals surface area contributed by atoms with E-state index in [0.717, 1.165) is 52.3 Å². The summed E-state index contributed by atoms with van der Waals surface area (Å²) in [4.78, 5) is 34.3. The lowest BCUT2D eigenvalue weighted by atomic mass is 9.95. The molecule has 6 rings (SSSR count). The zero-order valence-corrected chi connectivity index (χ0v) is 21.1. The molecule has 3 heterocycles. The molecule has 0 aliphatic heterocycles. The fourth-order valence-electron chi connectivity index (χ4n) is 4.70. The summed E-state index contributed by atoms with van der Waals surface area (Å²) >= 11 is 8.19. The number of carbonyl (C=O) groups is 2. The first-order valence-electron chi connectivity index (χ1n) is 11.8. The number of fused-ring (bicyclic) bond motifs is 3. The van der Waals surface area contributed by atoms with Gasteiger partial charge in [0.2, 0.25) is 5.91 Å². The number of nitrogens with zero attached hydrogens (tertiary/aromatic N) is 4. The summed E-state index contributed by atoms with van der Waals surface area (Å²) in [6, 6.07) is 9.35. The number of Topliss-reactive ketones (excluding diaryl/α,β-unsaturated/α-hetero) is 1. The number of aromatic nitrogens is 4. The molecule has 8 nitrogen and oxygen atoms in total. The number of aryl methyl sites for hydroxylation is 1. The number of nitrogens with one attached hydrogen (secondary N) is 1. The maximum atomic E-state index is 12.7. The van der Waals surface area contributed by atoms with E-state index in [1.165, 1.54) is 18.3 Å². The molecule has 1 fully saturated rings. The van der Waals surface area contributed by atoms with Gasteiger partial charge in [-0.2, -0.15) is 5.10 Å². The molecule has 2 aliphatic carbocycles. The molecule has 0 spiro atoms. The minimum Gasteiger partial charge on any atom is -0.327 e. The molecular weight excluding hydrogens is 496 g/mol. The highest BCUT2D eigenvalue weighted by Gasteiger charge is 2.35. The van der Waals surface area contributed by atoms with Crippen LogP contribution in [0, 0.1) is 5.92 Å². The SMILES string of the molecule is CC(=O)Nc1nc2c(s1)-c1c(c(-c3cccnc3)nn1-c1ccc(C(=O)C[C@@H]3C[C@H]3N)cc1Cl)CC2. The quantitative estimate of drug-likeness (QED) is 0.358. The van der Waals surface area contributed by atoms with Crippen LogP contribution in [0.5, 0.6) is 0 Å². The number of hydrogen-bond acceptors (Lipinski definition) is 7. The van der Waals surface area contributed by atoms with E-state index >= 15 is 0 Å². The van der Waals surface area contributed by atoms with E-state index < -0.39 is 0 Å². The van der Waals surface area contributed by atoms with Crippen molar-refractivity contribution in [1.82, 2.24) is 19.7 Å². The number of benzene rings is 1. The number of ketones is 1. The van der Waals surface area contributed by atoms with Crippen LogP contribution < -0.4 is 11.1 Å². The van der Waals surface area contributed by atoms with Gasteiger partial charge in [-0.1, -0.05) is 22.9 Å². The second-order valence-electron chi connectivity index (χ2n) is 9.26. The minimum absolute atomic E-state index is 0.0460. The Morgan fingerprint density at radius 3 is 2.81 bits per heavy atom. The summed E-state index contributed by atoms with van der Waals surface area (Å²) in [5.41, 5.74) is 11.8. The Bertz CT molecular complexity index is 1510. The molecular formula is C26H23ClN6O2S. The molecule has 0 unspecified atom stereocenters. The molecule has 1 saturated carbocycles. The summed E-state index contributed by atoms with van der Waals surface area (Å²) in [6.07, 6.45) is 6.34. The lowest BCUT2D eigenvalue weighted by Crippen LogP contribution is -2.08. The average Bonchev–Trinajstić information content (AvgIpc) is 3.24. The van der Waals surface area contributed by atoms with Crippen LogP contribution in [0.4, 0.5) is 5.13 Å². The molecule has 36 heavy (non-hydrogen) atoms. The maximum Gasteiger partial charge on any atom is 0.223 e.